The molecule has 38 heavy (non-hydrogen) atoms. The molecular weight excluding hydrogens is 556 g/mol. The summed E-state index contributed by atoms with van der Waals surface area (Å²) < 4.78 is 17.4. The Morgan fingerprint density at radius 1 is 1.05 bits per heavy atom. The van der Waals surface area contributed by atoms with Crippen molar-refractivity contribution in [2.75, 3.05) is 0 Å². The molecule has 0 bridgehead atoms. The number of ether oxygens (including phenoxy) is 3. The molecule has 1 aliphatic rings. The lowest BCUT2D eigenvalue weighted by atomic mass is 9.80. The van der Waals surface area contributed by atoms with Gasteiger partial charge in [0.15, 0.2) is 5.92 Å². The van der Waals surface area contributed by atoms with E-state index in [0.717, 1.165) is 16.5 Å². The predicted molar refractivity (Wildman–Crippen MR) is 141 cm³/mol. The van der Waals surface area contributed by atoms with Crippen molar-refractivity contribution in [2.24, 2.45) is 5.92 Å². The molecule has 0 radical (unpaired) electrons. The number of carbonyl (C=O) groups is 2. The summed E-state index contributed by atoms with van der Waals surface area (Å²) in [7, 11) is 0. The van der Waals surface area contributed by atoms with Crippen LogP contribution in [0.4, 0.5) is 5.69 Å². The quantitative estimate of drug-likeness (QED) is 0.123. The van der Waals surface area contributed by atoms with Crippen molar-refractivity contribution in [3.8, 4) is 5.75 Å². The molecule has 1 aliphatic heterocycles. The minimum absolute atomic E-state index is 0.0171. The molecule has 1 saturated heterocycles. The maximum absolute atomic E-state index is 13.1. The molecule has 9 nitrogen and oxygen atoms in total. The number of hydrogen-bond acceptors (Lipinski definition) is 7. The van der Waals surface area contributed by atoms with Gasteiger partial charge in [-0.3, -0.25) is 19.7 Å². The van der Waals surface area contributed by atoms with Crippen molar-refractivity contribution in [1.82, 2.24) is 4.98 Å². The molecule has 0 saturated carbocycles. The van der Waals surface area contributed by atoms with Crippen LogP contribution in [0.15, 0.2) is 77.4 Å². The molecule has 1 atom stereocenters. The molecule has 0 unspecified atom stereocenters. The third-order valence-corrected chi connectivity index (χ3v) is 6.94. The van der Waals surface area contributed by atoms with E-state index in [1.165, 1.54) is 26.0 Å². The van der Waals surface area contributed by atoms with Crippen molar-refractivity contribution in [1.29, 1.82) is 0 Å². The van der Waals surface area contributed by atoms with Gasteiger partial charge in [0, 0.05) is 49.0 Å². The first-order chi connectivity index (χ1) is 18.1. The van der Waals surface area contributed by atoms with Crippen LogP contribution in [-0.2, 0) is 25.7 Å². The summed E-state index contributed by atoms with van der Waals surface area (Å²) in [4.78, 5) is 40.1. The van der Waals surface area contributed by atoms with Crippen LogP contribution in [0.5, 0.6) is 5.75 Å². The molecule has 1 fully saturated rings. The van der Waals surface area contributed by atoms with Crippen LogP contribution < -0.4 is 4.74 Å². The second-order valence-electron chi connectivity index (χ2n) is 9.39. The normalized spacial score (nSPS) is 16.1. The van der Waals surface area contributed by atoms with Crippen LogP contribution >= 0.6 is 15.9 Å². The number of cyclic esters (lactones) is 2. The number of halogens is 1. The van der Waals surface area contributed by atoms with E-state index < -0.39 is 34.5 Å². The maximum atomic E-state index is 13.1. The van der Waals surface area contributed by atoms with E-state index in [4.69, 9.17) is 14.2 Å². The van der Waals surface area contributed by atoms with Crippen LogP contribution in [0.2, 0.25) is 0 Å². The summed E-state index contributed by atoms with van der Waals surface area (Å²) in [6, 6.07) is 19.1. The van der Waals surface area contributed by atoms with Crippen molar-refractivity contribution < 1.29 is 28.7 Å². The largest absolute Gasteiger partial charge is 0.488 e. The lowest BCUT2D eigenvalue weighted by molar-refractivity contribution is -0.384. The number of fused-ring (bicyclic) bond motifs is 1. The van der Waals surface area contributed by atoms with E-state index in [1.807, 2.05) is 24.3 Å². The lowest BCUT2D eigenvalue weighted by Gasteiger charge is -2.36. The maximum Gasteiger partial charge on any atom is 0.324 e. The SMILES string of the molecule is CC1(C)OC(=O)C([C@H](c2ccc(OCc3cccc([N+](=O)[O-])c3)c(Br)c2)c2c[nH]c3ccccc23)C(=O)O1. The van der Waals surface area contributed by atoms with E-state index in [2.05, 4.69) is 20.9 Å². The van der Waals surface area contributed by atoms with Crippen molar-refractivity contribution in [3.63, 3.8) is 0 Å². The highest BCUT2D eigenvalue weighted by atomic mass is 79.9. The molecule has 2 heterocycles. The number of rotatable bonds is 7. The third-order valence-electron chi connectivity index (χ3n) is 6.32. The Hall–Kier alpha value is -4.18. The summed E-state index contributed by atoms with van der Waals surface area (Å²) in [5.74, 6) is -4.10. The van der Waals surface area contributed by atoms with E-state index >= 15 is 0 Å². The van der Waals surface area contributed by atoms with Crippen molar-refractivity contribution in [2.45, 2.75) is 32.2 Å². The first kappa shape index (κ1) is 25.5. The minimum Gasteiger partial charge on any atom is -0.488 e. The summed E-state index contributed by atoms with van der Waals surface area (Å²) in [6.07, 6.45) is 1.79. The zero-order chi connectivity index (χ0) is 27.0. The zero-order valence-electron chi connectivity index (χ0n) is 20.5. The van der Waals surface area contributed by atoms with Gasteiger partial charge in [-0.15, -0.1) is 0 Å². The van der Waals surface area contributed by atoms with Gasteiger partial charge in [0.25, 0.3) is 11.5 Å². The van der Waals surface area contributed by atoms with Crippen LogP contribution in [0.1, 0.15) is 36.5 Å². The van der Waals surface area contributed by atoms with Crippen LogP contribution in [-0.4, -0.2) is 27.6 Å². The number of esters is 2. The molecule has 3 aromatic carbocycles. The smallest absolute Gasteiger partial charge is 0.324 e. The summed E-state index contributed by atoms with van der Waals surface area (Å²) in [5, 5.41) is 11.9. The first-order valence-corrected chi connectivity index (χ1v) is 12.6. The van der Waals surface area contributed by atoms with Gasteiger partial charge in [0.05, 0.1) is 9.40 Å². The highest BCUT2D eigenvalue weighted by Gasteiger charge is 2.48. The van der Waals surface area contributed by atoms with E-state index in [1.54, 1.807) is 36.5 Å². The summed E-state index contributed by atoms with van der Waals surface area (Å²) >= 11 is 3.54. The number of aromatic nitrogens is 1. The Labute approximate surface area is 226 Å². The fourth-order valence-corrected chi connectivity index (χ4v) is 5.16. The number of nitro groups is 1. The van der Waals surface area contributed by atoms with Crippen molar-refractivity contribution in [3.05, 3.63) is 104 Å². The number of nitro benzene ring substituents is 1. The molecule has 194 valence electrons. The number of carbonyl (C=O) groups excluding carboxylic acids is 2. The second-order valence-corrected chi connectivity index (χ2v) is 10.2. The monoisotopic (exact) mass is 578 g/mol. The standard InChI is InChI=1S/C28H23BrN2O7/c1-28(2)37-26(32)25(27(33)38-28)24(20-14-30-22-9-4-3-8-19(20)22)17-10-11-23(21(29)13-17)36-15-16-6-5-7-18(12-16)31(34)35/h3-14,24-25,30H,15H2,1-2H3/t24-/m1/s1. The topological polar surface area (TPSA) is 121 Å². The summed E-state index contributed by atoms with van der Waals surface area (Å²) in [6.45, 7) is 3.15. The average Bonchev–Trinajstić information content (AvgIpc) is 3.29. The van der Waals surface area contributed by atoms with E-state index in [0.29, 0.717) is 21.3 Å². The number of non-ortho nitro benzene ring substituents is 1. The molecule has 0 amide bonds. The highest BCUT2D eigenvalue weighted by Crippen LogP contribution is 2.42. The Bertz CT molecular complexity index is 1540. The van der Waals surface area contributed by atoms with Gasteiger partial charge in [-0.05, 0) is 50.8 Å². The molecule has 1 aromatic heterocycles. The highest BCUT2D eigenvalue weighted by molar-refractivity contribution is 9.10. The Balaban J connectivity index is 1.50. The van der Waals surface area contributed by atoms with Crippen LogP contribution in [0.25, 0.3) is 10.9 Å². The number of aromatic amines is 1. The molecule has 5 rings (SSSR count). The molecule has 0 spiro atoms. The number of para-hydroxylation sites is 1. The molecule has 1 N–H and O–H groups in total. The molecular formula is C28H23BrN2O7. The van der Waals surface area contributed by atoms with E-state index in [9.17, 15) is 19.7 Å². The van der Waals surface area contributed by atoms with E-state index in [-0.39, 0.29) is 12.3 Å². The number of hydrogen-bond donors (Lipinski definition) is 1. The fourth-order valence-electron chi connectivity index (χ4n) is 4.65. The van der Waals surface area contributed by atoms with Crippen LogP contribution in [0, 0.1) is 16.0 Å². The molecule has 4 aromatic rings. The predicted octanol–water partition coefficient (Wildman–Crippen LogP) is 6.00. The van der Waals surface area contributed by atoms with Gasteiger partial charge in [0.2, 0.25) is 0 Å². The summed E-state index contributed by atoms with van der Waals surface area (Å²) in [5.41, 5.74) is 2.90. The zero-order valence-corrected chi connectivity index (χ0v) is 22.1. The third kappa shape index (κ3) is 4.99. The van der Waals surface area contributed by atoms with Gasteiger partial charge in [0.1, 0.15) is 12.4 Å². The Kier molecular flexibility index (Phi) is 6.66. The van der Waals surface area contributed by atoms with Gasteiger partial charge in [-0.25, -0.2) is 0 Å². The Morgan fingerprint density at radius 3 is 2.50 bits per heavy atom. The second kappa shape index (κ2) is 9.94. The van der Waals surface area contributed by atoms with Gasteiger partial charge >= 0.3 is 11.9 Å². The van der Waals surface area contributed by atoms with Gasteiger partial charge < -0.3 is 19.2 Å². The number of nitrogens with zero attached hydrogens (tertiary/aromatic N) is 1. The minimum atomic E-state index is -1.35. The number of H-pyrrole nitrogens is 1. The number of benzene rings is 3. The average molecular weight is 579 g/mol. The first-order valence-electron chi connectivity index (χ1n) is 11.8. The lowest BCUT2D eigenvalue weighted by Crippen LogP contribution is -2.48. The van der Waals surface area contributed by atoms with Crippen molar-refractivity contribution >= 4 is 44.5 Å². The number of nitrogens with one attached hydrogen (secondary N) is 1. The van der Waals surface area contributed by atoms with Gasteiger partial charge in [-0.1, -0.05) is 36.4 Å². The fraction of sp³-hybridized carbons (Fsp3) is 0.214. The molecule has 10 heteroatoms. The van der Waals surface area contributed by atoms with Crippen LogP contribution in [0.3, 0.4) is 0 Å². The molecule has 0 aliphatic carbocycles. The Morgan fingerprint density at radius 2 is 1.79 bits per heavy atom. The van der Waals surface area contributed by atoms with Gasteiger partial charge in [-0.2, -0.15) is 0 Å².